The van der Waals surface area contributed by atoms with Gasteiger partial charge in [-0.3, -0.25) is 4.79 Å². The maximum Gasteiger partial charge on any atom is 0.417 e. The van der Waals surface area contributed by atoms with Gasteiger partial charge in [0.2, 0.25) is 0 Å². The molecule has 0 aliphatic rings. The number of carbonyl (C=O) groups is 2. The van der Waals surface area contributed by atoms with Gasteiger partial charge in [0.1, 0.15) is 5.56 Å². The van der Waals surface area contributed by atoms with Crippen molar-refractivity contribution in [1.82, 2.24) is 4.98 Å². The van der Waals surface area contributed by atoms with Gasteiger partial charge in [-0.15, -0.1) is 0 Å². The van der Waals surface area contributed by atoms with E-state index in [0.29, 0.717) is 18.0 Å². The van der Waals surface area contributed by atoms with E-state index in [2.05, 4.69) is 10.3 Å². The number of carbonyl (C=O) groups excluding carboxylic acids is 2. The zero-order valence-electron chi connectivity index (χ0n) is 14.6. The first-order valence-electron chi connectivity index (χ1n) is 7.58. The number of hydrogen-bond donors (Lipinski definition) is 1. The van der Waals surface area contributed by atoms with Gasteiger partial charge in [-0.1, -0.05) is 17.7 Å². The number of para-hydroxylation sites is 1. The molecule has 1 aromatic heterocycles. The molecule has 1 N–H and O–H groups in total. The summed E-state index contributed by atoms with van der Waals surface area (Å²) < 4.78 is 52.8. The molecule has 0 aliphatic heterocycles. The summed E-state index contributed by atoms with van der Waals surface area (Å²) in [6.07, 6.45) is -4.10. The van der Waals surface area contributed by atoms with Gasteiger partial charge in [-0.05, 0) is 18.2 Å². The molecule has 2 aromatic rings. The van der Waals surface area contributed by atoms with Crippen molar-refractivity contribution in [3.05, 3.63) is 46.6 Å². The Morgan fingerprint density at radius 1 is 1.21 bits per heavy atom. The monoisotopic (exact) mass is 418 g/mol. The van der Waals surface area contributed by atoms with Crippen LogP contribution in [0.1, 0.15) is 15.9 Å². The molecule has 1 amide bonds. The fraction of sp³-hybridized carbons (Fsp3) is 0.235. The van der Waals surface area contributed by atoms with Crippen molar-refractivity contribution in [2.24, 2.45) is 0 Å². The van der Waals surface area contributed by atoms with E-state index in [1.54, 1.807) is 6.07 Å². The van der Waals surface area contributed by atoms with Crippen LogP contribution in [0, 0.1) is 0 Å². The average molecular weight is 419 g/mol. The van der Waals surface area contributed by atoms with E-state index in [0.717, 1.165) is 0 Å². The van der Waals surface area contributed by atoms with Crippen LogP contribution in [0.3, 0.4) is 0 Å². The first-order valence-corrected chi connectivity index (χ1v) is 7.96. The summed E-state index contributed by atoms with van der Waals surface area (Å²) in [6.45, 7) is -0.724. The first kappa shape index (κ1) is 21.3. The van der Waals surface area contributed by atoms with Gasteiger partial charge in [0.05, 0.1) is 24.8 Å². The molecule has 0 unspecified atom stereocenters. The smallest absolute Gasteiger partial charge is 0.417 e. The molecule has 0 bridgehead atoms. The van der Waals surface area contributed by atoms with Gasteiger partial charge >= 0.3 is 12.1 Å². The number of methoxy groups -OCH3 is 2. The third kappa shape index (κ3) is 5.03. The zero-order chi connectivity index (χ0) is 20.9. The van der Waals surface area contributed by atoms with Crippen molar-refractivity contribution in [3.63, 3.8) is 0 Å². The van der Waals surface area contributed by atoms with Crippen LogP contribution in [0.4, 0.5) is 19.0 Å². The molecule has 28 heavy (non-hydrogen) atoms. The van der Waals surface area contributed by atoms with Crippen molar-refractivity contribution in [3.8, 4) is 11.5 Å². The highest BCUT2D eigenvalue weighted by atomic mass is 35.5. The standard InChI is InChI=1S/C17H14ClF3N2O5/c1-26-12-5-3-4-10(14(12)27-2)16(25)28-8-13(24)23-15-11(18)6-9(7-22-15)17(19,20)21/h3-7H,8H2,1-2H3,(H,22,23,24). The predicted octanol–water partition coefficient (Wildman–Crippen LogP) is 3.57. The Kier molecular flexibility index (Phi) is 6.68. The third-order valence-corrected chi connectivity index (χ3v) is 3.67. The lowest BCUT2D eigenvalue weighted by Gasteiger charge is -2.12. The number of amides is 1. The van der Waals surface area contributed by atoms with Crippen LogP contribution in [-0.4, -0.2) is 37.7 Å². The first-order chi connectivity index (χ1) is 13.2. The summed E-state index contributed by atoms with van der Waals surface area (Å²) in [5, 5.41) is 1.75. The maximum absolute atomic E-state index is 12.6. The maximum atomic E-state index is 12.6. The Labute approximate surface area is 162 Å². The fourth-order valence-electron chi connectivity index (χ4n) is 2.11. The number of hydrogen-bond acceptors (Lipinski definition) is 6. The molecule has 11 heteroatoms. The Morgan fingerprint density at radius 3 is 2.50 bits per heavy atom. The van der Waals surface area contributed by atoms with E-state index in [1.165, 1.54) is 26.4 Å². The van der Waals surface area contributed by atoms with Crippen molar-refractivity contribution in [2.45, 2.75) is 6.18 Å². The Morgan fingerprint density at radius 2 is 1.93 bits per heavy atom. The van der Waals surface area contributed by atoms with Gasteiger partial charge in [0.25, 0.3) is 5.91 Å². The molecule has 0 atom stereocenters. The molecule has 0 spiro atoms. The average Bonchev–Trinajstić information content (AvgIpc) is 2.66. The van der Waals surface area contributed by atoms with Crippen molar-refractivity contribution >= 4 is 29.3 Å². The highest BCUT2D eigenvalue weighted by Crippen LogP contribution is 2.33. The number of esters is 1. The van der Waals surface area contributed by atoms with E-state index in [9.17, 15) is 22.8 Å². The number of pyridine rings is 1. The molecule has 7 nitrogen and oxygen atoms in total. The van der Waals surface area contributed by atoms with E-state index < -0.39 is 35.2 Å². The molecule has 0 fully saturated rings. The molecule has 2 rings (SSSR count). The number of rotatable bonds is 6. The number of benzene rings is 1. The summed E-state index contributed by atoms with van der Waals surface area (Å²) in [6, 6.07) is 5.14. The van der Waals surface area contributed by atoms with Crippen molar-refractivity contribution in [2.75, 3.05) is 26.1 Å². The summed E-state index contributed by atoms with van der Waals surface area (Å²) in [5.41, 5.74) is -1.03. The minimum atomic E-state index is -4.62. The van der Waals surface area contributed by atoms with Crippen molar-refractivity contribution in [1.29, 1.82) is 0 Å². The second kappa shape index (κ2) is 8.79. The molecule has 150 valence electrons. The van der Waals surface area contributed by atoms with Crippen LogP contribution >= 0.6 is 11.6 Å². The number of nitrogens with zero attached hydrogens (tertiary/aromatic N) is 1. The highest BCUT2D eigenvalue weighted by molar-refractivity contribution is 6.33. The van der Waals surface area contributed by atoms with E-state index in [-0.39, 0.29) is 17.1 Å². The van der Waals surface area contributed by atoms with Gasteiger partial charge < -0.3 is 19.5 Å². The van der Waals surface area contributed by atoms with Crippen LogP contribution in [-0.2, 0) is 15.7 Å². The highest BCUT2D eigenvalue weighted by Gasteiger charge is 2.31. The predicted molar refractivity (Wildman–Crippen MR) is 92.7 cm³/mol. The van der Waals surface area contributed by atoms with Gasteiger partial charge in [0, 0.05) is 6.20 Å². The number of aromatic nitrogens is 1. The van der Waals surface area contributed by atoms with Crippen LogP contribution in [0.25, 0.3) is 0 Å². The quantitative estimate of drug-likeness (QED) is 0.722. The molecule has 0 saturated heterocycles. The van der Waals surface area contributed by atoms with Gasteiger partial charge in [-0.25, -0.2) is 9.78 Å². The van der Waals surface area contributed by atoms with Crippen LogP contribution < -0.4 is 14.8 Å². The molecule has 0 saturated carbocycles. The van der Waals surface area contributed by atoms with E-state index in [1.807, 2.05) is 0 Å². The van der Waals surface area contributed by atoms with Crippen molar-refractivity contribution < 1.29 is 37.0 Å². The summed E-state index contributed by atoms with van der Waals surface area (Å²) in [4.78, 5) is 27.5. The number of ether oxygens (including phenoxy) is 3. The lowest BCUT2D eigenvalue weighted by atomic mass is 10.2. The minimum absolute atomic E-state index is 0.0281. The van der Waals surface area contributed by atoms with E-state index in [4.69, 9.17) is 25.8 Å². The zero-order valence-corrected chi connectivity index (χ0v) is 15.4. The van der Waals surface area contributed by atoms with Crippen LogP contribution in [0.15, 0.2) is 30.5 Å². The molecular formula is C17H14ClF3N2O5. The second-order valence-electron chi connectivity index (χ2n) is 5.22. The molecular weight excluding hydrogens is 405 g/mol. The number of anilines is 1. The normalized spacial score (nSPS) is 10.9. The van der Waals surface area contributed by atoms with Crippen LogP contribution in [0.5, 0.6) is 11.5 Å². The minimum Gasteiger partial charge on any atom is -0.493 e. The fourth-order valence-corrected chi connectivity index (χ4v) is 2.32. The lowest BCUT2D eigenvalue weighted by molar-refractivity contribution is -0.137. The van der Waals surface area contributed by atoms with E-state index >= 15 is 0 Å². The Balaban J connectivity index is 2.02. The molecule has 1 heterocycles. The largest absolute Gasteiger partial charge is 0.493 e. The number of nitrogens with one attached hydrogen (secondary N) is 1. The third-order valence-electron chi connectivity index (χ3n) is 3.38. The van der Waals surface area contributed by atoms with Gasteiger partial charge in [0.15, 0.2) is 23.9 Å². The SMILES string of the molecule is COc1cccc(C(=O)OCC(=O)Nc2ncc(C(F)(F)F)cc2Cl)c1OC. The summed E-state index contributed by atoms with van der Waals surface area (Å²) in [5.74, 6) is -1.58. The Hall–Kier alpha value is -3.01. The number of halogens is 4. The van der Waals surface area contributed by atoms with Gasteiger partial charge in [-0.2, -0.15) is 13.2 Å². The molecule has 0 aliphatic carbocycles. The Bertz CT molecular complexity index is 890. The lowest BCUT2D eigenvalue weighted by Crippen LogP contribution is -2.22. The molecule has 0 radical (unpaired) electrons. The van der Waals surface area contributed by atoms with Crippen LogP contribution in [0.2, 0.25) is 5.02 Å². The summed E-state index contributed by atoms with van der Waals surface area (Å²) >= 11 is 5.70. The topological polar surface area (TPSA) is 86.8 Å². The molecule has 1 aromatic carbocycles. The number of alkyl halides is 3. The summed E-state index contributed by atoms with van der Waals surface area (Å²) in [7, 11) is 2.72. The second-order valence-corrected chi connectivity index (χ2v) is 5.62.